The molecule has 2 heterocycles. The molecule has 2 atom stereocenters. The zero-order valence-electron chi connectivity index (χ0n) is 9.99. The Morgan fingerprint density at radius 1 is 1.37 bits per heavy atom. The monoisotopic (exact) mass is 271 g/mol. The SMILES string of the molecule is C.C.CO[C@@H]1CC(CO)N(Cc2cc[n+](O)cc2)C1. The minimum atomic E-state index is 0. The second-order valence-electron chi connectivity index (χ2n) is 4.45. The Morgan fingerprint density at radius 3 is 2.53 bits per heavy atom. The normalized spacial score (nSPS) is 22.6. The molecule has 1 aromatic rings. The van der Waals surface area contributed by atoms with Crippen molar-refractivity contribution in [3.63, 3.8) is 0 Å². The van der Waals surface area contributed by atoms with Gasteiger partial charge in [0.2, 0.25) is 12.4 Å². The van der Waals surface area contributed by atoms with Crippen molar-refractivity contribution in [1.82, 2.24) is 4.90 Å². The third-order valence-electron chi connectivity index (χ3n) is 3.30. The van der Waals surface area contributed by atoms with Crippen molar-refractivity contribution in [1.29, 1.82) is 0 Å². The number of aromatic nitrogens is 1. The molecule has 0 spiro atoms. The predicted molar refractivity (Wildman–Crippen MR) is 74.0 cm³/mol. The van der Waals surface area contributed by atoms with Crippen LogP contribution in [0.2, 0.25) is 0 Å². The standard InChI is InChI=1S/C12H19N2O3.2CH4/c1-17-12-6-11(9-15)13(8-12)7-10-2-4-14(16)5-3-10;;/h2-5,11-12,15-16H,6-9H2,1H3;2*1H4/q+1;;/t11?,12-;;/m1../s1. The molecule has 2 N–H and O–H groups in total. The van der Waals surface area contributed by atoms with Gasteiger partial charge in [0.1, 0.15) is 0 Å². The second kappa shape index (κ2) is 8.09. The summed E-state index contributed by atoms with van der Waals surface area (Å²) in [6, 6.07) is 3.91. The lowest BCUT2D eigenvalue weighted by atomic mass is 10.2. The highest BCUT2D eigenvalue weighted by Gasteiger charge is 2.31. The summed E-state index contributed by atoms with van der Waals surface area (Å²) in [6.07, 6.45) is 4.29. The highest BCUT2D eigenvalue weighted by Crippen LogP contribution is 2.21. The Labute approximate surface area is 116 Å². The lowest BCUT2D eigenvalue weighted by Gasteiger charge is -2.21. The van der Waals surface area contributed by atoms with Crippen LogP contribution in [0.5, 0.6) is 0 Å². The highest BCUT2D eigenvalue weighted by molar-refractivity contribution is 5.08. The van der Waals surface area contributed by atoms with E-state index in [1.54, 1.807) is 19.5 Å². The van der Waals surface area contributed by atoms with E-state index in [9.17, 15) is 5.11 Å². The summed E-state index contributed by atoms with van der Waals surface area (Å²) < 4.78 is 6.36. The third kappa shape index (κ3) is 4.45. The number of nitrogens with zero attached hydrogens (tertiary/aromatic N) is 2. The van der Waals surface area contributed by atoms with Crippen LogP contribution in [0.4, 0.5) is 0 Å². The Bertz CT molecular complexity index is 356. The van der Waals surface area contributed by atoms with E-state index < -0.39 is 0 Å². The van der Waals surface area contributed by atoms with Crippen LogP contribution in [0.25, 0.3) is 0 Å². The maximum atomic E-state index is 9.33. The minimum absolute atomic E-state index is 0. The van der Waals surface area contributed by atoms with Gasteiger partial charge in [0, 0.05) is 43.1 Å². The van der Waals surface area contributed by atoms with Crippen molar-refractivity contribution in [2.45, 2.75) is 40.0 Å². The van der Waals surface area contributed by atoms with E-state index in [0.29, 0.717) is 0 Å². The highest BCUT2D eigenvalue weighted by atomic mass is 16.5. The first-order valence-electron chi connectivity index (χ1n) is 5.80. The van der Waals surface area contributed by atoms with E-state index in [4.69, 9.17) is 9.94 Å². The van der Waals surface area contributed by atoms with E-state index in [0.717, 1.165) is 29.8 Å². The predicted octanol–water partition coefficient (Wildman–Crippen LogP) is 1.07. The van der Waals surface area contributed by atoms with Gasteiger partial charge >= 0.3 is 0 Å². The molecule has 5 heteroatoms. The molecule has 1 aromatic heterocycles. The maximum Gasteiger partial charge on any atom is 0.222 e. The van der Waals surface area contributed by atoms with Crippen molar-refractivity contribution in [3.05, 3.63) is 30.1 Å². The molecule has 19 heavy (non-hydrogen) atoms. The molecule has 0 saturated carbocycles. The Balaban J connectivity index is 0.00000162. The molecular formula is C14H27N2O3+. The first-order valence-corrected chi connectivity index (χ1v) is 5.80. The lowest BCUT2D eigenvalue weighted by Crippen LogP contribution is -2.33. The van der Waals surface area contributed by atoms with Crippen LogP contribution in [-0.2, 0) is 11.3 Å². The summed E-state index contributed by atoms with van der Waals surface area (Å²) in [5.41, 5.74) is 1.12. The van der Waals surface area contributed by atoms with Crippen molar-refractivity contribution < 1.29 is 19.8 Å². The van der Waals surface area contributed by atoms with Gasteiger partial charge in [-0.25, -0.2) is 0 Å². The zero-order chi connectivity index (χ0) is 12.3. The molecule has 5 nitrogen and oxygen atoms in total. The third-order valence-corrected chi connectivity index (χ3v) is 3.30. The molecule has 0 radical (unpaired) electrons. The molecule has 1 fully saturated rings. The fraction of sp³-hybridized carbons (Fsp3) is 0.643. The van der Waals surface area contributed by atoms with E-state index in [-0.39, 0.29) is 33.6 Å². The Morgan fingerprint density at radius 2 is 2.00 bits per heavy atom. The van der Waals surface area contributed by atoms with Crippen LogP contribution >= 0.6 is 0 Å². The van der Waals surface area contributed by atoms with Gasteiger partial charge in [-0.2, -0.15) is 0 Å². The second-order valence-corrected chi connectivity index (χ2v) is 4.45. The summed E-state index contributed by atoms with van der Waals surface area (Å²) in [6.45, 7) is 1.77. The molecule has 0 amide bonds. The smallest absolute Gasteiger partial charge is 0.222 e. The number of aliphatic hydroxyl groups is 1. The quantitative estimate of drug-likeness (QED) is 0.635. The van der Waals surface area contributed by atoms with Crippen molar-refractivity contribution >= 4 is 0 Å². The van der Waals surface area contributed by atoms with Crippen LogP contribution in [0.1, 0.15) is 26.8 Å². The number of pyridine rings is 1. The molecule has 2 rings (SSSR count). The number of likely N-dealkylation sites (tertiary alicyclic amines) is 1. The van der Waals surface area contributed by atoms with Gasteiger partial charge in [-0.1, -0.05) is 14.9 Å². The van der Waals surface area contributed by atoms with E-state index in [1.807, 2.05) is 12.1 Å². The zero-order valence-corrected chi connectivity index (χ0v) is 9.99. The molecule has 1 unspecified atom stereocenters. The van der Waals surface area contributed by atoms with Crippen molar-refractivity contribution in [2.75, 3.05) is 20.3 Å². The van der Waals surface area contributed by atoms with Crippen LogP contribution in [0, 0.1) is 0 Å². The van der Waals surface area contributed by atoms with Crippen molar-refractivity contribution in [3.8, 4) is 0 Å². The number of ether oxygens (including phenoxy) is 1. The molecule has 1 saturated heterocycles. The average Bonchev–Trinajstić information content (AvgIpc) is 2.74. The van der Waals surface area contributed by atoms with Gasteiger partial charge in [0.25, 0.3) is 0 Å². The van der Waals surface area contributed by atoms with E-state index in [1.165, 1.54) is 0 Å². The first-order chi connectivity index (χ1) is 8.22. The number of hydrogen-bond acceptors (Lipinski definition) is 4. The summed E-state index contributed by atoms with van der Waals surface area (Å²) in [5.74, 6) is 0. The molecule has 0 aromatic carbocycles. The Kier molecular flexibility index (Phi) is 7.59. The maximum absolute atomic E-state index is 9.33. The van der Waals surface area contributed by atoms with Gasteiger partial charge in [-0.05, 0) is 12.0 Å². The number of aliphatic hydroxyl groups excluding tert-OH is 1. The molecular weight excluding hydrogens is 244 g/mol. The van der Waals surface area contributed by atoms with E-state index in [2.05, 4.69) is 4.90 Å². The number of rotatable bonds is 4. The summed E-state index contributed by atoms with van der Waals surface area (Å²) in [4.78, 5) is 2.21. The minimum Gasteiger partial charge on any atom is -0.395 e. The van der Waals surface area contributed by atoms with Crippen molar-refractivity contribution in [2.24, 2.45) is 0 Å². The topological polar surface area (TPSA) is 56.8 Å². The van der Waals surface area contributed by atoms with E-state index >= 15 is 0 Å². The van der Waals surface area contributed by atoms with Gasteiger partial charge < -0.3 is 9.84 Å². The molecule has 1 aliphatic heterocycles. The summed E-state index contributed by atoms with van der Waals surface area (Å²) >= 11 is 0. The Hall–Kier alpha value is -1.17. The van der Waals surface area contributed by atoms with Crippen LogP contribution in [-0.4, -0.2) is 47.6 Å². The molecule has 0 aliphatic carbocycles. The van der Waals surface area contributed by atoms with Crippen LogP contribution < -0.4 is 4.73 Å². The lowest BCUT2D eigenvalue weighted by molar-refractivity contribution is -0.904. The van der Waals surface area contributed by atoms with Crippen LogP contribution in [0.3, 0.4) is 0 Å². The van der Waals surface area contributed by atoms with Crippen LogP contribution in [0.15, 0.2) is 24.5 Å². The molecule has 110 valence electrons. The molecule has 0 bridgehead atoms. The van der Waals surface area contributed by atoms with Gasteiger partial charge in [0.05, 0.1) is 12.7 Å². The fourth-order valence-electron chi connectivity index (χ4n) is 2.28. The number of methoxy groups -OCH3 is 1. The summed E-state index contributed by atoms with van der Waals surface area (Å²) in [5, 5.41) is 18.5. The number of hydrogen-bond donors (Lipinski definition) is 2. The fourth-order valence-corrected chi connectivity index (χ4v) is 2.28. The summed E-state index contributed by atoms with van der Waals surface area (Å²) in [7, 11) is 1.71. The largest absolute Gasteiger partial charge is 0.395 e. The van der Waals surface area contributed by atoms with Gasteiger partial charge in [-0.3, -0.25) is 10.1 Å². The van der Waals surface area contributed by atoms with Gasteiger partial charge in [-0.15, -0.1) is 0 Å². The van der Waals surface area contributed by atoms with Gasteiger partial charge in [0.15, 0.2) is 0 Å². The average molecular weight is 271 g/mol. The molecule has 1 aliphatic rings. The first kappa shape index (κ1) is 17.8.